The van der Waals surface area contributed by atoms with Gasteiger partial charge in [-0.1, -0.05) is 17.7 Å². The van der Waals surface area contributed by atoms with Crippen molar-refractivity contribution in [2.75, 3.05) is 12.4 Å². The lowest BCUT2D eigenvalue weighted by Gasteiger charge is -2.28. The number of hydrogen-bond donors (Lipinski definition) is 3. The SMILES string of the molecule is CNC1CCC(NC(=O)Nc2ccc(C)c(Cl)c2)CC1. The third-order valence-corrected chi connectivity index (χ3v) is 4.31. The predicted octanol–water partition coefficient (Wildman–Crippen LogP) is 3.30. The van der Waals surface area contributed by atoms with Gasteiger partial charge in [0, 0.05) is 22.8 Å². The second-order valence-corrected chi connectivity index (χ2v) is 5.81. The summed E-state index contributed by atoms with van der Waals surface area (Å²) in [5, 5.41) is 9.81. The highest BCUT2D eigenvalue weighted by Crippen LogP contribution is 2.21. The highest BCUT2D eigenvalue weighted by molar-refractivity contribution is 6.31. The molecule has 1 aromatic carbocycles. The molecule has 1 saturated carbocycles. The molecule has 110 valence electrons. The van der Waals surface area contributed by atoms with Gasteiger partial charge >= 0.3 is 6.03 Å². The van der Waals surface area contributed by atoms with Gasteiger partial charge in [0.05, 0.1) is 0 Å². The number of amides is 2. The number of carbonyl (C=O) groups excluding carboxylic acids is 1. The third kappa shape index (κ3) is 4.12. The van der Waals surface area contributed by atoms with Crippen LogP contribution in [0.5, 0.6) is 0 Å². The molecule has 20 heavy (non-hydrogen) atoms. The van der Waals surface area contributed by atoms with Gasteiger partial charge in [-0.15, -0.1) is 0 Å². The second kappa shape index (κ2) is 6.95. The molecule has 0 aliphatic heterocycles. The Labute approximate surface area is 125 Å². The van der Waals surface area contributed by atoms with Crippen LogP contribution >= 0.6 is 11.6 Å². The molecule has 0 saturated heterocycles. The molecule has 1 fully saturated rings. The normalized spacial score (nSPS) is 22.4. The van der Waals surface area contributed by atoms with Gasteiger partial charge in [0.1, 0.15) is 0 Å². The topological polar surface area (TPSA) is 53.2 Å². The van der Waals surface area contributed by atoms with Crippen molar-refractivity contribution < 1.29 is 4.79 Å². The van der Waals surface area contributed by atoms with Crippen molar-refractivity contribution in [1.29, 1.82) is 0 Å². The van der Waals surface area contributed by atoms with Gasteiger partial charge in [-0.2, -0.15) is 0 Å². The van der Waals surface area contributed by atoms with Crippen LogP contribution in [0.1, 0.15) is 31.2 Å². The lowest BCUT2D eigenvalue weighted by Crippen LogP contribution is -2.43. The van der Waals surface area contributed by atoms with Crippen LogP contribution in [-0.2, 0) is 0 Å². The van der Waals surface area contributed by atoms with Crippen LogP contribution < -0.4 is 16.0 Å². The monoisotopic (exact) mass is 295 g/mol. The average molecular weight is 296 g/mol. The van der Waals surface area contributed by atoms with E-state index in [1.54, 1.807) is 6.07 Å². The lowest BCUT2D eigenvalue weighted by atomic mass is 9.91. The number of benzene rings is 1. The fraction of sp³-hybridized carbons (Fsp3) is 0.533. The predicted molar refractivity (Wildman–Crippen MR) is 83.4 cm³/mol. The summed E-state index contributed by atoms with van der Waals surface area (Å²) in [5.41, 5.74) is 1.73. The van der Waals surface area contributed by atoms with Crippen molar-refractivity contribution in [3.05, 3.63) is 28.8 Å². The molecular formula is C15H22ClN3O. The van der Waals surface area contributed by atoms with Crippen molar-refractivity contribution in [1.82, 2.24) is 10.6 Å². The van der Waals surface area contributed by atoms with E-state index in [1.165, 1.54) is 0 Å². The minimum atomic E-state index is -0.155. The van der Waals surface area contributed by atoms with Crippen LogP contribution in [0.15, 0.2) is 18.2 Å². The van der Waals surface area contributed by atoms with E-state index in [4.69, 9.17) is 11.6 Å². The van der Waals surface area contributed by atoms with Gasteiger partial charge in [-0.3, -0.25) is 0 Å². The van der Waals surface area contributed by atoms with Gasteiger partial charge in [-0.25, -0.2) is 4.79 Å². The Hall–Kier alpha value is -1.26. The molecule has 1 aromatic rings. The van der Waals surface area contributed by atoms with E-state index in [2.05, 4.69) is 16.0 Å². The standard InChI is InChI=1S/C15H22ClN3O/c1-10-3-4-13(9-14(10)16)19-15(20)18-12-7-5-11(17-2)6-8-12/h3-4,9,11-12,17H,5-8H2,1-2H3,(H2,18,19,20). The van der Waals surface area contributed by atoms with E-state index in [1.807, 2.05) is 26.1 Å². The molecule has 0 unspecified atom stereocenters. The van der Waals surface area contributed by atoms with E-state index >= 15 is 0 Å². The number of halogens is 1. The molecule has 5 heteroatoms. The Kier molecular flexibility index (Phi) is 5.26. The fourth-order valence-corrected chi connectivity index (χ4v) is 2.73. The van der Waals surface area contributed by atoms with E-state index < -0.39 is 0 Å². The van der Waals surface area contributed by atoms with Crippen molar-refractivity contribution in [2.24, 2.45) is 0 Å². The Morgan fingerprint density at radius 2 is 1.85 bits per heavy atom. The van der Waals surface area contributed by atoms with Crippen LogP contribution in [-0.4, -0.2) is 25.2 Å². The van der Waals surface area contributed by atoms with Gasteiger partial charge < -0.3 is 16.0 Å². The first-order valence-corrected chi connectivity index (χ1v) is 7.47. The molecule has 3 N–H and O–H groups in total. The third-order valence-electron chi connectivity index (χ3n) is 3.90. The van der Waals surface area contributed by atoms with E-state index in [9.17, 15) is 4.79 Å². The van der Waals surface area contributed by atoms with Crippen LogP contribution in [0.3, 0.4) is 0 Å². The Balaban J connectivity index is 1.82. The van der Waals surface area contributed by atoms with Gasteiger partial charge in [0.25, 0.3) is 0 Å². The zero-order valence-corrected chi connectivity index (χ0v) is 12.8. The summed E-state index contributed by atoms with van der Waals surface area (Å²) >= 11 is 6.04. The molecule has 0 heterocycles. The minimum Gasteiger partial charge on any atom is -0.335 e. The summed E-state index contributed by atoms with van der Waals surface area (Å²) in [7, 11) is 1.99. The molecule has 0 radical (unpaired) electrons. The van der Waals surface area contributed by atoms with E-state index in [0.717, 1.165) is 36.9 Å². The summed E-state index contributed by atoms with van der Waals surface area (Å²) in [6.07, 6.45) is 4.26. The molecule has 0 atom stereocenters. The lowest BCUT2D eigenvalue weighted by molar-refractivity contribution is 0.241. The number of rotatable bonds is 3. The first-order chi connectivity index (χ1) is 9.58. The molecule has 0 spiro atoms. The van der Waals surface area contributed by atoms with Crippen LogP contribution in [0.4, 0.5) is 10.5 Å². The minimum absolute atomic E-state index is 0.155. The maximum absolute atomic E-state index is 11.9. The average Bonchev–Trinajstić information content (AvgIpc) is 2.44. The number of hydrogen-bond acceptors (Lipinski definition) is 2. The van der Waals surface area contributed by atoms with Gasteiger partial charge in [-0.05, 0) is 57.4 Å². The number of aryl methyl sites for hydroxylation is 1. The Bertz CT molecular complexity index is 470. The van der Waals surface area contributed by atoms with Crippen molar-refractivity contribution in [3.8, 4) is 0 Å². The zero-order valence-electron chi connectivity index (χ0n) is 12.0. The molecule has 0 aromatic heterocycles. The zero-order chi connectivity index (χ0) is 14.5. The maximum atomic E-state index is 11.9. The molecule has 2 amide bonds. The molecule has 0 bridgehead atoms. The van der Waals surface area contributed by atoms with Crippen molar-refractivity contribution in [2.45, 2.75) is 44.7 Å². The van der Waals surface area contributed by atoms with Gasteiger partial charge in [0.2, 0.25) is 0 Å². The number of anilines is 1. The summed E-state index contributed by atoms with van der Waals surface area (Å²) in [6, 6.07) is 6.23. The Morgan fingerprint density at radius 1 is 1.20 bits per heavy atom. The van der Waals surface area contributed by atoms with E-state index in [0.29, 0.717) is 11.1 Å². The van der Waals surface area contributed by atoms with Gasteiger partial charge in [0.15, 0.2) is 0 Å². The highest BCUT2D eigenvalue weighted by Gasteiger charge is 2.21. The molecule has 1 aliphatic rings. The Morgan fingerprint density at radius 3 is 2.45 bits per heavy atom. The smallest absolute Gasteiger partial charge is 0.319 e. The maximum Gasteiger partial charge on any atom is 0.319 e. The first-order valence-electron chi connectivity index (χ1n) is 7.09. The highest BCUT2D eigenvalue weighted by atomic mass is 35.5. The number of carbonyl (C=O) groups is 1. The van der Waals surface area contributed by atoms with Crippen molar-refractivity contribution in [3.63, 3.8) is 0 Å². The quantitative estimate of drug-likeness (QED) is 0.801. The molecular weight excluding hydrogens is 274 g/mol. The summed E-state index contributed by atoms with van der Waals surface area (Å²) < 4.78 is 0. The molecule has 4 nitrogen and oxygen atoms in total. The van der Waals surface area contributed by atoms with Crippen LogP contribution in [0, 0.1) is 6.92 Å². The molecule has 2 rings (SSSR count). The van der Waals surface area contributed by atoms with Crippen molar-refractivity contribution >= 4 is 23.3 Å². The number of nitrogens with one attached hydrogen (secondary N) is 3. The van der Waals surface area contributed by atoms with E-state index in [-0.39, 0.29) is 12.1 Å². The largest absolute Gasteiger partial charge is 0.335 e. The first kappa shape index (κ1) is 15.1. The van der Waals surface area contributed by atoms with Crippen LogP contribution in [0.2, 0.25) is 5.02 Å². The van der Waals surface area contributed by atoms with Crippen LogP contribution in [0.25, 0.3) is 0 Å². The second-order valence-electron chi connectivity index (χ2n) is 5.40. The summed E-state index contributed by atoms with van der Waals surface area (Å²) in [4.78, 5) is 11.9. The number of urea groups is 1. The summed E-state index contributed by atoms with van der Waals surface area (Å²) in [5.74, 6) is 0. The fourth-order valence-electron chi connectivity index (χ4n) is 2.55. The molecule has 1 aliphatic carbocycles. The summed E-state index contributed by atoms with van der Waals surface area (Å²) in [6.45, 7) is 1.94.